The van der Waals surface area contributed by atoms with Crippen molar-refractivity contribution in [3.05, 3.63) is 57.8 Å². The van der Waals surface area contributed by atoms with Crippen molar-refractivity contribution in [3.8, 4) is 0 Å². The van der Waals surface area contributed by atoms with Crippen molar-refractivity contribution in [2.75, 3.05) is 39.3 Å². The Hall–Kier alpha value is -2.18. The summed E-state index contributed by atoms with van der Waals surface area (Å²) in [6, 6.07) is 13.1. The number of carbonyl (C=O) groups excluding carboxylic acids is 2. The fraction of sp³-hybridized carbons (Fsp3) is 0.520. The molecule has 0 radical (unpaired) electrons. The zero-order valence-corrected chi connectivity index (χ0v) is 19.7. The summed E-state index contributed by atoms with van der Waals surface area (Å²) in [4.78, 5) is 33.2. The molecule has 0 spiro atoms. The molecule has 1 saturated heterocycles. The Morgan fingerprint density at radius 3 is 2.32 bits per heavy atom. The van der Waals surface area contributed by atoms with Crippen LogP contribution in [0.1, 0.15) is 49.2 Å². The van der Waals surface area contributed by atoms with Gasteiger partial charge in [-0.25, -0.2) is 0 Å². The lowest BCUT2D eigenvalue weighted by molar-refractivity contribution is -0.145. The molecule has 0 saturated carbocycles. The molecule has 1 atom stereocenters. The molecular weight excluding hydrogens is 406 g/mol. The first-order valence-electron chi connectivity index (χ1n) is 11.3. The van der Waals surface area contributed by atoms with E-state index >= 15 is 0 Å². The smallest absolute Gasteiger partial charge is 0.228 e. The average molecular weight is 440 g/mol. The fourth-order valence-electron chi connectivity index (χ4n) is 4.67. The van der Waals surface area contributed by atoms with Crippen molar-refractivity contribution in [1.82, 2.24) is 14.7 Å². The average Bonchev–Trinajstić information content (AvgIpc) is 3.25. The molecule has 1 aromatic carbocycles. The van der Waals surface area contributed by atoms with E-state index in [1.165, 1.54) is 16.0 Å². The van der Waals surface area contributed by atoms with E-state index in [0.29, 0.717) is 32.6 Å². The second-order valence-corrected chi connectivity index (χ2v) is 10.6. The molecule has 2 amide bonds. The van der Waals surface area contributed by atoms with Crippen LogP contribution in [0.3, 0.4) is 0 Å². The van der Waals surface area contributed by atoms with Crippen LogP contribution in [0.5, 0.6) is 0 Å². The van der Waals surface area contributed by atoms with E-state index in [2.05, 4.69) is 46.7 Å². The van der Waals surface area contributed by atoms with Crippen molar-refractivity contribution >= 4 is 23.2 Å². The molecule has 31 heavy (non-hydrogen) atoms. The molecule has 1 aromatic heterocycles. The summed E-state index contributed by atoms with van der Waals surface area (Å²) >= 11 is 1.84. The highest BCUT2D eigenvalue weighted by Gasteiger charge is 2.32. The monoisotopic (exact) mass is 439 g/mol. The van der Waals surface area contributed by atoms with E-state index < -0.39 is 0 Å². The lowest BCUT2D eigenvalue weighted by Gasteiger charge is -2.39. The number of amides is 2. The van der Waals surface area contributed by atoms with Crippen molar-refractivity contribution < 1.29 is 9.59 Å². The Balaban J connectivity index is 1.36. The zero-order valence-electron chi connectivity index (χ0n) is 18.8. The van der Waals surface area contributed by atoms with Gasteiger partial charge >= 0.3 is 0 Å². The standard InChI is InChI=1S/C25H33N3O2S/c1-25(2,3)24(30)28-16-14-26(15-17-28)22(29)10-13-27-12-9-21-20(11-18-31-21)23(27)19-7-5-4-6-8-19/h4-8,11,18,23H,9-10,12-17H2,1-3H3. The van der Waals surface area contributed by atoms with Gasteiger partial charge in [-0.3, -0.25) is 14.5 Å². The van der Waals surface area contributed by atoms with Gasteiger partial charge in [0.25, 0.3) is 0 Å². The molecule has 2 aliphatic heterocycles. The summed E-state index contributed by atoms with van der Waals surface area (Å²) in [7, 11) is 0. The van der Waals surface area contributed by atoms with Gasteiger partial charge in [0.1, 0.15) is 0 Å². The molecule has 0 aliphatic carbocycles. The van der Waals surface area contributed by atoms with E-state index in [1.807, 2.05) is 41.9 Å². The molecule has 166 valence electrons. The fourth-order valence-corrected chi connectivity index (χ4v) is 5.57. The highest BCUT2D eigenvalue weighted by molar-refractivity contribution is 7.10. The van der Waals surface area contributed by atoms with Crippen molar-refractivity contribution in [2.45, 2.75) is 39.7 Å². The minimum Gasteiger partial charge on any atom is -0.339 e. The normalized spacial score (nSPS) is 19.9. The Morgan fingerprint density at radius 2 is 1.65 bits per heavy atom. The van der Waals surface area contributed by atoms with Crippen LogP contribution in [0.25, 0.3) is 0 Å². The molecular formula is C25H33N3O2S. The van der Waals surface area contributed by atoms with Gasteiger partial charge in [0.05, 0.1) is 6.04 Å². The van der Waals surface area contributed by atoms with E-state index in [-0.39, 0.29) is 23.3 Å². The molecule has 0 N–H and O–H groups in total. The summed E-state index contributed by atoms with van der Waals surface area (Å²) in [5, 5.41) is 2.19. The van der Waals surface area contributed by atoms with E-state index in [1.54, 1.807) is 0 Å². The summed E-state index contributed by atoms with van der Waals surface area (Å²) in [6.45, 7) is 10.1. The first kappa shape index (κ1) is 22.0. The Morgan fingerprint density at radius 1 is 0.968 bits per heavy atom. The third-order valence-electron chi connectivity index (χ3n) is 6.36. The van der Waals surface area contributed by atoms with Gasteiger partial charge in [-0.05, 0) is 29.0 Å². The van der Waals surface area contributed by atoms with Gasteiger partial charge in [0.15, 0.2) is 0 Å². The van der Waals surface area contributed by atoms with E-state index in [4.69, 9.17) is 0 Å². The topological polar surface area (TPSA) is 43.9 Å². The second-order valence-electron chi connectivity index (χ2n) is 9.57. The maximum Gasteiger partial charge on any atom is 0.228 e. The number of carbonyl (C=O) groups is 2. The third kappa shape index (κ3) is 4.85. The predicted molar refractivity (Wildman–Crippen MR) is 125 cm³/mol. The largest absolute Gasteiger partial charge is 0.339 e. The number of benzene rings is 1. The molecule has 5 nitrogen and oxygen atoms in total. The van der Waals surface area contributed by atoms with Gasteiger partial charge in [0.2, 0.25) is 11.8 Å². The summed E-state index contributed by atoms with van der Waals surface area (Å²) in [5.41, 5.74) is 2.32. The highest BCUT2D eigenvalue weighted by atomic mass is 32.1. The first-order valence-corrected chi connectivity index (χ1v) is 12.1. The van der Waals surface area contributed by atoms with Gasteiger partial charge in [-0.1, -0.05) is 51.1 Å². The third-order valence-corrected chi connectivity index (χ3v) is 7.35. The number of hydrogen-bond donors (Lipinski definition) is 0. The maximum atomic E-state index is 13.0. The Kier molecular flexibility index (Phi) is 6.49. The minimum atomic E-state index is -0.368. The zero-order chi connectivity index (χ0) is 22.0. The van der Waals surface area contributed by atoms with E-state index in [9.17, 15) is 9.59 Å². The molecule has 2 aromatic rings. The summed E-state index contributed by atoms with van der Waals surface area (Å²) in [6.07, 6.45) is 1.58. The van der Waals surface area contributed by atoms with Crippen LogP contribution in [0.4, 0.5) is 0 Å². The lowest BCUT2D eigenvalue weighted by atomic mass is 9.93. The predicted octanol–water partition coefficient (Wildman–Crippen LogP) is 3.80. The minimum absolute atomic E-state index is 0.171. The van der Waals surface area contributed by atoms with Crippen LogP contribution in [-0.4, -0.2) is 65.8 Å². The molecule has 0 bridgehead atoms. The number of fused-ring (bicyclic) bond motifs is 1. The SMILES string of the molecule is CC(C)(C)C(=O)N1CCN(C(=O)CCN2CCc3sccc3C2c2ccccc2)CC1. The van der Waals surface area contributed by atoms with Crippen molar-refractivity contribution in [2.24, 2.45) is 5.41 Å². The van der Waals surface area contributed by atoms with Crippen LogP contribution >= 0.6 is 11.3 Å². The number of thiophene rings is 1. The molecule has 3 heterocycles. The van der Waals surface area contributed by atoms with Crippen molar-refractivity contribution in [3.63, 3.8) is 0 Å². The van der Waals surface area contributed by atoms with Gasteiger partial charge in [-0.2, -0.15) is 0 Å². The van der Waals surface area contributed by atoms with Gasteiger partial charge in [0, 0.05) is 56.0 Å². The lowest BCUT2D eigenvalue weighted by Crippen LogP contribution is -2.53. The van der Waals surface area contributed by atoms with Crippen LogP contribution in [-0.2, 0) is 16.0 Å². The van der Waals surface area contributed by atoms with E-state index in [0.717, 1.165) is 19.5 Å². The molecule has 2 aliphatic rings. The molecule has 6 heteroatoms. The van der Waals surface area contributed by atoms with Gasteiger partial charge in [-0.15, -0.1) is 11.3 Å². The number of rotatable bonds is 4. The Labute approximate surface area is 189 Å². The quantitative estimate of drug-likeness (QED) is 0.728. The second kappa shape index (κ2) is 9.13. The Bertz CT molecular complexity index is 910. The van der Waals surface area contributed by atoms with Crippen LogP contribution in [0.2, 0.25) is 0 Å². The van der Waals surface area contributed by atoms with Crippen molar-refractivity contribution in [1.29, 1.82) is 0 Å². The van der Waals surface area contributed by atoms with Gasteiger partial charge < -0.3 is 9.80 Å². The van der Waals surface area contributed by atoms with Crippen LogP contribution in [0, 0.1) is 5.41 Å². The molecule has 4 rings (SSSR count). The maximum absolute atomic E-state index is 13.0. The number of hydrogen-bond acceptors (Lipinski definition) is 4. The summed E-state index contributed by atoms with van der Waals surface area (Å²) in [5.74, 6) is 0.371. The first-order chi connectivity index (χ1) is 14.8. The van der Waals surface area contributed by atoms with Crippen LogP contribution < -0.4 is 0 Å². The summed E-state index contributed by atoms with van der Waals surface area (Å²) < 4.78 is 0. The molecule has 1 unspecified atom stereocenters. The highest BCUT2D eigenvalue weighted by Crippen LogP contribution is 2.37. The number of piperazine rings is 1. The molecule has 1 fully saturated rings. The van der Waals surface area contributed by atoms with Crippen LogP contribution in [0.15, 0.2) is 41.8 Å². The number of nitrogens with zero attached hydrogens (tertiary/aromatic N) is 3.